The van der Waals surface area contributed by atoms with Crippen molar-refractivity contribution >= 4 is 39.9 Å². The van der Waals surface area contributed by atoms with Gasteiger partial charge in [0.15, 0.2) is 4.90 Å². The number of aromatic nitrogens is 1. The minimum atomic E-state index is -4.49. The highest BCUT2D eigenvalue weighted by atomic mass is 32.2. The quantitative estimate of drug-likeness (QED) is 0.387. The highest BCUT2D eigenvalue weighted by Gasteiger charge is 2.35. The zero-order valence-corrected chi connectivity index (χ0v) is 16.2. The molecule has 0 amide bonds. The van der Waals surface area contributed by atoms with E-state index in [9.17, 15) is 18.5 Å². The monoisotopic (exact) mass is 392 g/mol. The standard InChI is InChI=1S/C17H17FN2O4SSi/c1-26(2,3)16-12-8-4-5-9-13(12)19(17(16)18)25(23,24)15-11-7-6-10-14(15)20(21)22/h4-11H,1-3H3. The van der Waals surface area contributed by atoms with Crippen LogP contribution in [-0.2, 0) is 10.0 Å². The third-order valence-corrected chi connectivity index (χ3v) is 7.82. The first-order chi connectivity index (χ1) is 12.1. The Morgan fingerprint density at radius 2 is 1.62 bits per heavy atom. The van der Waals surface area contributed by atoms with E-state index in [0.29, 0.717) is 14.5 Å². The summed E-state index contributed by atoms with van der Waals surface area (Å²) in [5, 5.41) is 12.2. The molecule has 0 saturated carbocycles. The summed E-state index contributed by atoms with van der Waals surface area (Å²) in [6.07, 6.45) is 0. The summed E-state index contributed by atoms with van der Waals surface area (Å²) in [4.78, 5) is 9.94. The maximum absolute atomic E-state index is 15.3. The molecule has 6 nitrogen and oxygen atoms in total. The first-order valence-electron chi connectivity index (χ1n) is 7.85. The first-order valence-corrected chi connectivity index (χ1v) is 12.8. The fraction of sp³-hybridized carbons (Fsp3) is 0.176. The second-order valence-electron chi connectivity index (χ2n) is 6.93. The minimum Gasteiger partial charge on any atom is -0.258 e. The molecule has 0 aliphatic carbocycles. The molecule has 136 valence electrons. The summed E-state index contributed by atoms with van der Waals surface area (Å²) in [5.74, 6) is -0.872. The normalized spacial score (nSPS) is 12.5. The molecule has 1 heterocycles. The fourth-order valence-corrected chi connectivity index (χ4v) is 6.46. The molecule has 26 heavy (non-hydrogen) atoms. The Kier molecular flexibility index (Phi) is 4.24. The van der Waals surface area contributed by atoms with Crippen molar-refractivity contribution in [1.29, 1.82) is 0 Å². The molecule has 0 atom stereocenters. The van der Waals surface area contributed by atoms with E-state index >= 15 is 4.39 Å². The molecule has 0 fully saturated rings. The van der Waals surface area contributed by atoms with E-state index in [1.54, 1.807) is 18.2 Å². The van der Waals surface area contributed by atoms with Crippen LogP contribution in [0.3, 0.4) is 0 Å². The number of nitro groups is 1. The molecule has 0 radical (unpaired) electrons. The molecule has 0 bridgehead atoms. The lowest BCUT2D eigenvalue weighted by Gasteiger charge is -2.15. The number of nitro benzene ring substituents is 1. The third-order valence-electron chi connectivity index (χ3n) is 4.11. The Labute approximate surface area is 151 Å². The molecule has 0 N–H and O–H groups in total. The lowest BCUT2D eigenvalue weighted by Crippen LogP contribution is -2.40. The molecule has 0 saturated heterocycles. The van der Waals surface area contributed by atoms with Crippen molar-refractivity contribution in [3.63, 3.8) is 0 Å². The average molecular weight is 392 g/mol. The van der Waals surface area contributed by atoms with Crippen molar-refractivity contribution in [2.45, 2.75) is 24.5 Å². The summed E-state index contributed by atoms with van der Waals surface area (Å²) >= 11 is 0. The van der Waals surface area contributed by atoms with Crippen molar-refractivity contribution in [2.24, 2.45) is 0 Å². The highest BCUT2D eigenvalue weighted by Crippen LogP contribution is 2.30. The van der Waals surface area contributed by atoms with Gasteiger partial charge in [-0.15, -0.1) is 0 Å². The van der Waals surface area contributed by atoms with Crippen LogP contribution in [0.25, 0.3) is 10.9 Å². The van der Waals surface area contributed by atoms with E-state index in [1.165, 1.54) is 18.2 Å². The Balaban J connectivity index is 2.44. The van der Waals surface area contributed by atoms with Gasteiger partial charge in [-0.2, -0.15) is 4.39 Å². The zero-order valence-electron chi connectivity index (χ0n) is 14.4. The van der Waals surface area contributed by atoms with Crippen LogP contribution in [0.4, 0.5) is 10.1 Å². The van der Waals surface area contributed by atoms with Crippen LogP contribution >= 0.6 is 0 Å². The number of hydrogen-bond donors (Lipinski definition) is 0. The zero-order chi connectivity index (χ0) is 19.3. The molecule has 3 aromatic rings. The first kappa shape index (κ1) is 18.3. The topological polar surface area (TPSA) is 82.2 Å². The van der Waals surface area contributed by atoms with Crippen LogP contribution < -0.4 is 5.19 Å². The molecule has 0 aliphatic rings. The van der Waals surface area contributed by atoms with Gasteiger partial charge in [0.1, 0.15) is 0 Å². The van der Waals surface area contributed by atoms with E-state index in [1.807, 2.05) is 19.6 Å². The lowest BCUT2D eigenvalue weighted by molar-refractivity contribution is -0.387. The summed E-state index contributed by atoms with van der Waals surface area (Å²) in [6.45, 7) is 5.75. The Morgan fingerprint density at radius 1 is 1.04 bits per heavy atom. The predicted octanol–water partition coefficient (Wildman–Crippen LogP) is 3.47. The number of rotatable bonds is 4. The van der Waals surface area contributed by atoms with E-state index in [-0.39, 0.29) is 5.52 Å². The lowest BCUT2D eigenvalue weighted by atomic mass is 10.2. The van der Waals surface area contributed by atoms with Crippen LogP contribution in [0, 0.1) is 16.1 Å². The molecule has 9 heteroatoms. The average Bonchev–Trinajstić information content (AvgIpc) is 2.87. The summed E-state index contributed by atoms with van der Waals surface area (Å²) in [7, 11) is -6.72. The molecule has 1 aromatic heterocycles. The van der Waals surface area contributed by atoms with Crippen molar-refractivity contribution in [1.82, 2.24) is 3.97 Å². The molecule has 0 aliphatic heterocycles. The van der Waals surface area contributed by atoms with Gasteiger partial charge in [-0.25, -0.2) is 12.4 Å². The van der Waals surface area contributed by atoms with Crippen LogP contribution in [0.15, 0.2) is 53.4 Å². The predicted molar refractivity (Wildman–Crippen MR) is 101 cm³/mol. The second kappa shape index (κ2) is 6.03. The van der Waals surface area contributed by atoms with Crippen LogP contribution in [-0.4, -0.2) is 25.4 Å². The summed E-state index contributed by atoms with van der Waals surface area (Å²) in [6, 6.07) is 11.5. The summed E-state index contributed by atoms with van der Waals surface area (Å²) in [5.41, 5.74) is -0.403. The van der Waals surface area contributed by atoms with Gasteiger partial charge in [-0.3, -0.25) is 10.1 Å². The van der Waals surface area contributed by atoms with Crippen LogP contribution in [0.5, 0.6) is 0 Å². The van der Waals surface area contributed by atoms with Gasteiger partial charge in [0.05, 0.1) is 18.5 Å². The number of halogens is 1. The van der Waals surface area contributed by atoms with Crippen molar-refractivity contribution in [2.75, 3.05) is 0 Å². The van der Waals surface area contributed by atoms with Gasteiger partial charge in [-0.1, -0.05) is 50.0 Å². The second-order valence-corrected chi connectivity index (χ2v) is 13.7. The minimum absolute atomic E-state index is 0.181. The Morgan fingerprint density at radius 3 is 2.23 bits per heavy atom. The number of benzene rings is 2. The van der Waals surface area contributed by atoms with Gasteiger partial charge in [0.25, 0.3) is 15.7 Å². The Hall–Kier alpha value is -2.52. The molecule has 2 aromatic carbocycles. The van der Waals surface area contributed by atoms with Gasteiger partial charge in [0.2, 0.25) is 5.95 Å². The smallest absolute Gasteiger partial charge is 0.258 e. The van der Waals surface area contributed by atoms with Gasteiger partial charge in [-0.05, 0) is 12.1 Å². The summed E-state index contributed by atoms with van der Waals surface area (Å²) < 4.78 is 42.3. The van der Waals surface area contributed by atoms with Gasteiger partial charge in [0, 0.05) is 16.6 Å². The highest BCUT2D eigenvalue weighted by molar-refractivity contribution is 7.90. The van der Waals surface area contributed by atoms with Gasteiger partial charge >= 0.3 is 0 Å². The van der Waals surface area contributed by atoms with E-state index in [4.69, 9.17) is 0 Å². The van der Waals surface area contributed by atoms with E-state index in [0.717, 1.165) is 12.1 Å². The SMILES string of the molecule is C[Si](C)(C)c1c(F)n(S(=O)(=O)c2ccccc2[N+](=O)[O-])c2ccccc12. The Bertz CT molecular complexity index is 1130. The number of fused-ring (bicyclic) bond motifs is 1. The van der Waals surface area contributed by atoms with Crippen molar-refractivity contribution in [3.8, 4) is 0 Å². The fourth-order valence-electron chi connectivity index (χ4n) is 3.05. The molecular weight excluding hydrogens is 375 g/mol. The largest absolute Gasteiger partial charge is 0.289 e. The van der Waals surface area contributed by atoms with Crippen molar-refractivity contribution in [3.05, 3.63) is 64.6 Å². The van der Waals surface area contributed by atoms with Crippen LogP contribution in [0.2, 0.25) is 19.6 Å². The number of para-hydroxylation sites is 2. The third kappa shape index (κ3) is 2.73. The molecule has 0 spiro atoms. The van der Waals surface area contributed by atoms with Crippen LogP contribution in [0.1, 0.15) is 0 Å². The van der Waals surface area contributed by atoms with Gasteiger partial charge < -0.3 is 0 Å². The van der Waals surface area contributed by atoms with Crippen molar-refractivity contribution < 1.29 is 17.7 Å². The maximum Gasteiger partial charge on any atom is 0.289 e. The maximum atomic E-state index is 15.3. The van der Waals surface area contributed by atoms with E-state index < -0.39 is 39.6 Å². The molecule has 3 rings (SSSR count). The molecular formula is C17H17FN2O4SSi. The molecule has 0 unspecified atom stereocenters. The number of nitrogens with zero attached hydrogens (tertiary/aromatic N) is 2. The van der Waals surface area contributed by atoms with E-state index in [2.05, 4.69) is 0 Å². The number of hydrogen-bond acceptors (Lipinski definition) is 4.